The molecule has 140 valence electrons. The average molecular weight is 362 g/mol. The Morgan fingerprint density at radius 2 is 1.81 bits per heavy atom. The van der Waals surface area contributed by atoms with Crippen LogP contribution < -0.4 is 0 Å². The van der Waals surface area contributed by atoms with Gasteiger partial charge in [0.25, 0.3) is 0 Å². The van der Waals surface area contributed by atoms with Crippen molar-refractivity contribution in [1.82, 2.24) is 9.88 Å². The molecule has 1 aromatic heterocycles. The van der Waals surface area contributed by atoms with Crippen LogP contribution in [0.2, 0.25) is 0 Å². The molecule has 2 unspecified atom stereocenters. The van der Waals surface area contributed by atoms with Gasteiger partial charge in [0.15, 0.2) is 0 Å². The van der Waals surface area contributed by atoms with Crippen molar-refractivity contribution in [3.05, 3.63) is 60.3 Å². The van der Waals surface area contributed by atoms with E-state index < -0.39 is 5.60 Å². The van der Waals surface area contributed by atoms with Gasteiger partial charge in [-0.3, -0.25) is 9.88 Å². The van der Waals surface area contributed by atoms with Gasteiger partial charge < -0.3 is 4.74 Å². The number of fused-ring (bicyclic) bond motifs is 2. The first-order valence-electron chi connectivity index (χ1n) is 9.64. The Kier molecular flexibility index (Phi) is 4.50. The Balaban J connectivity index is 1.53. The highest BCUT2D eigenvalue weighted by molar-refractivity contribution is 5.76. The van der Waals surface area contributed by atoms with Gasteiger partial charge >= 0.3 is 6.09 Å². The van der Waals surface area contributed by atoms with E-state index in [1.54, 1.807) is 0 Å². The maximum Gasteiger partial charge on any atom is 0.411 e. The Morgan fingerprint density at radius 3 is 2.44 bits per heavy atom. The van der Waals surface area contributed by atoms with E-state index in [1.807, 2.05) is 50.1 Å². The molecule has 1 amide bonds. The van der Waals surface area contributed by atoms with Gasteiger partial charge in [0.2, 0.25) is 0 Å². The fourth-order valence-corrected chi connectivity index (χ4v) is 4.03. The molecule has 0 radical (unpaired) electrons. The number of aromatic nitrogens is 1. The molecule has 0 aliphatic carbocycles. The number of carbonyl (C=O) groups is 1. The van der Waals surface area contributed by atoms with E-state index in [-0.39, 0.29) is 18.2 Å². The zero-order valence-electron chi connectivity index (χ0n) is 16.2. The fourth-order valence-electron chi connectivity index (χ4n) is 4.03. The van der Waals surface area contributed by atoms with E-state index in [9.17, 15) is 4.79 Å². The normalized spacial score (nSPS) is 21.7. The molecule has 4 nitrogen and oxygen atoms in total. The van der Waals surface area contributed by atoms with Gasteiger partial charge in [-0.25, -0.2) is 4.79 Å². The van der Waals surface area contributed by atoms with Crippen LogP contribution in [0.25, 0.3) is 16.8 Å². The highest BCUT2D eigenvalue weighted by Gasteiger charge is 2.41. The minimum Gasteiger partial charge on any atom is -0.444 e. The molecule has 27 heavy (non-hydrogen) atoms. The Labute approximate surface area is 160 Å². The average Bonchev–Trinajstić information content (AvgIpc) is 2.91. The largest absolute Gasteiger partial charge is 0.444 e. The number of hydrogen-bond donors (Lipinski definition) is 0. The van der Waals surface area contributed by atoms with E-state index in [1.165, 1.54) is 11.1 Å². The highest BCUT2D eigenvalue weighted by atomic mass is 16.6. The zero-order valence-corrected chi connectivity index (χ0v) is 16.2. The lowest BCUT2D eigenvalue weighted by molar-refractivity contribution is 0.0175. The first-order chi connectivity index (χ1) is 12.9. The summed E-state index contributed by atoms with van der Waals surface area (Å²) in [5, 5.41) is 0. The van der Waals surface area contributed by atoms with E-state index in [4.69, 9.17) is 4.74 Å². The molecule has 1 aromatic carbocycles. The van der Waals surface area contributed by atoms with Crippen LogP contribution in [0.15, 0.2) is 54.7 Å². The summed E-state index contributed by atoms with van der Waals surface area (Å²) in [6.07, 6.45) is 6.82. The van der Waals surface area contributed by atoms with Crippen LogP contribution in [0.1, 0.15) is 45.6 Å². The number of benzene rings is 1. The first-order valence-corrected chi connectivity index (χ1v) is 9.64. The van der Waals surface area contributed by atoms with Crippen LogP contribution in [0.4, 0.5) is 4.79 Å². The third kappa shape index (κ3) is 3.75. The highest BCUT2D eigenvalue weighted by Crippen LogP contribution is 2.39. The van der Waals surface area contributed by atoms with Crippen LogP contribution in [0.3, 0.4) is 0 Å². The number of nitrogens with zero attached hydrogens (tertiary/aromatic N) is 2. The molecule has 1 saturated heterocycles. The van der Waals surface area contributed by atoms with E-state index in [0.717, 1.165) is 30.5 Å². The molecule has 2 bridgehead atoms. The lowest BCUT2D eigenvalue weighted by Crippen LogP contribution is -2.45. The van der Waals surface area contributed by atoms with Crippen molar-refractivity contribution in [3.63, 3.8) is 0 Å². The molecule has 1 fully saturated rings. The van der Waals surface area contributed by atoms with Crippen molar-refractivity contribution in [2.75, 3.05) is 0 Å². The summed E-state index contributed by atoms with van der Waals surface area (Å²) in [5.41, 5.74) is 4.21. The van der Waals surface area contributed by atoms with Gasteiger partial charge in [0.1, 0.15) is 5.60 Å². The fraction of sp³-hybridized carbons (Fsp3) is 0.391. The lowest BCUT2D eigenvalue weighted by Gasteiger charge is -2.35. The summed E-state index contributed by atoms with van der Waals surface area (Å²) in [6.45, 7) is 5.75. The smallest absolute Gasteiger partial charge is 0.411 e. The summed E-state index contributed by atoms with van der Waals surface area (Å²) in [5.74, 6) is 0. The third-order valence-electron chi connectivity index (χ3n) is 5.22. The number of hydrogen-bond acceptors (Lipinski definition) is 3. The Bertz CT molecular complexity index is 850. The second kappa shape index (κ2) is 6.84. The maximum absolute atomic E-state index is 12.6. The minimum absolute atomic E-state index is 0.143. The Hall–Kier alpha value is -2.62. The van der Waals surface area contributed by atoms with Crippen LogP contribution in [0.5, 0.6) is 0 Å². The molecule has 4 heteroatoms. The summed E-state index contributed by atoms with van der Waals surface area (Å²) in [7, 11) is 0. The topological polar surface area (TPSA) is 42.4 Å². The molecule has 0 spiro atoms. The molecule has 2 aliphatic heterocycles. The standard InChI is InChI=1S/C23H26N2O2/c1-23(2,3)27-22(26)25-19-11-12-20(25)15-18(14-19)16-7-9-17(10-8-16)21-6-4-5-13-24-21/h4-10,13-14,19-20H,11-12,15H2,1-3H3. The zero-order chi connectivity index (χ0) is 19.0. The van der Waals surface area contributed by atoms with Gasteiger partial charge in [-0.1, -0.05) is 36.4 Å². The lowest BCUT2D eigenvalue weighted by atomic mass is 9.94. The summed E-state index contributed by atoms with van der Waals surface area (Å²) >= 11 is 0. The number of amides is 1. The number of rotatable bonds is 2. The second-order valence-corrected chi connectivity index (χ2v) is 8.37. The van der Waals surface area contributed by atoms with Crippen LogP contribution in [-0.2, 0) is 4.74 Å². The monoisotopic (exact) mass is 362 g/mol. The molecule has 2 aromatic rings. The van der Waals surface area contributed by atoms with E-state index in [2.05, 4.69) is 35.3 Å². The minimum atomic E-state index is -0.457. The quantitative estimate of drug-likeness (QED) is 0.728. The molecule has 0 N–H and O–H groups in total. The van der Waals surface area contributed by atoms with Crippen molar-refractivity contribution in [3.8, 4) is 11.3 Å². The predicted molar refractivity (Wildman–Crippen MR) is 107 cm³/mol. The van der Waals surface area contributed by atoms with Crippen molar-refractivity contribution < 1.29 is 9.53 Å². The van der Waals surface area contributed by atoms with Gasteiger partial charge in [0.05, 0.1) is 11.7 Å². The van der Waals surface area contributed by atoms with Crippen molar-refractivity contribution in [2.24, 2.45) is 0 Å². The molecule has 0 saturated carbocycles. The Morgan fingerprint density at radius 1 is 1.07 bits per heavy atom. The molecule has 3 heterocycles. The predicted octanol–water partition coefficient (Wildman–Crippen LogP) is 5.30. The summed E-state index contributed by atoms with van der Waals surface area (Å²) in [6, 6.07) is 14.9. The maximum atomic E-state index is 12.6. The van der Waals surface area contributed by atoms with Gasteiger partial charge in [0, 0.05) is 17.8 Å². The summed E-state index contributed by atoms with van der Waals surface area (Å²) < 4.78 is 5.61. The van der Waals surface area contributed by atoms with Gasteiger partial charge in [-0.15, -0.1) is 0 Å². The number of pyridine rings is 1. The molecule has 2 atom stereocenters. The van der Waals surface area contributed by atoms with Crippen LogP contribution >= 0.6 is 0 Å². The molecule has 2 aliphatic rings. The summed E-state index contributed by atoms with van der Waals surface area (Å²) in [4.78, 5) is 18.9. The SMILES string of the molecule is CC(C)(C)OC(=O)N1C2C=C(c3ccc(-c4ccccn4)cc3)CC1CC2. The number of ether oxygens (including phenoxy) is 1. The van der Waals surface area contributed by atoms with E-state index >= 15 is 0 Å². The van der Waals surface area contributed by atoms with Crippen LogP contribution in [0, 0.1) is 0 Å². The molecular formula is C23H26N2O2. The first kappa shape index (κ1) is 17.8. The van der Waals surface area contributed by atoms with E-state index in [0.29, 0.717) is 0 Å². The molecular weight excluding hydrogens is 336 g/mol. The van der Waals surface area contributed by atoms with Crippen molar-refractivity contribution in [2.45, 2.75) is 57.7 Å². The number of carbonyl (C=O) groups excluding carboxylic acids is 1. The third-order valence-corrected chi connectivity index (χ3v) is 5.22. The van der Waals surface area contributed by atoms with Crippen molar-refractivity contribution in [1.29, 1.82) is 0 Å². The van der Waals surface area contributed by atoms with Crippen molar-refractivity contribution >= 4 is 11.7 Å². The van der Waals surface area contributed by atoms with Crippen LogP contribution in [-0.4, -0.2) is 33.7 Å². The molecule has 4 rings (SSSR count). The van der Waals surface area contributed by atoms with Gasteiger partial charge in [-0.05, 0) is 63.3 Å². The van der Waals surface area contributed by atoms with Gasteiger partial charge in [-0.2, -0.15) is 0 Å². The second-order valence-electron chi connectivity index (χ2n) is 8.37.